The number of rotatable bonds is 4. The highest BCUT2D eigenvalue weighted by atomic mass is 35.5. The summed E-state index contributed by atoms with van der Waals surface area (Å²) in [7, 11) is 0. The first-order valence-corrected chi connectivity index (χ1v) is 6.72. The lowest BCUT2D eigenvalue weighted by molar-refractivity contribution is 0.305. The molecule has 0 aliphatic carbocycles. The van der Waals surface area contributed by atoms with Crippen molar-refractivity contribution in [1.29, 1.82) is 0 Å². The van der Waals surface area contributed by atoms with E-state index in [1.54, 1.807) is 18.2 Å². The molecule has 2 nitrogen and oxygen atoms in total. The van der Waals surface area contributed by atoms with Crippen LogP contribution in [0.3, 0.4) is 0 Å². The van der Waals surface area contributed by atoms with Gasteiger partial charge in [0.2, 0.25) is 0 Å². The molecule has 2 rings (SSSR count). The number of aryl methyl sites for hydroxylation is 1. The molecular formula is C15H15Cl2NO. The van der Waals surface area contributed by atoms with Crippen molar-refractivity contribution in [2.75, 3.05) is 0 Å². The average Bonchev–Trinajstić information content (AvgIpc) is 2.40. The molecule has 0 amide bonds. The van der Waals surface area contributed by atoms with E-state index in [2.05, 4.69) is 6.07 Å². The van der Waals surface area contributed by atoms with Crippen LogP contribution in [0.5, 0.6) is 5.75 Å². The summed E-state index contributed by atoms with van der Waals surface area (Å²) < 4.78 is 5.71. The lowest BCUT2D eigenvalue weighted by atomic mass is 10.1. The Morgan fingerprint density at radius 2 is 1.89 bits per heavy atom. The van der Waals surface area contributed by atoms with Crippen LogP contribution in [0.1, 0.15) is 16.7 Å². The predicted molar refractivity (Wildman–Crippen MR) is 79.9 cm³/mol. The first-order chi connectivity index (χ1) is 9.10. The van der Waals surface area contributed by atoms with Gasteiger partial charge in [-0.3, -0.25) is 0 Å². The summed E-state index contributed by atoms with van der Waals surface area (Å²) in [6.07, 6.45) is 0. The van der Waals surface area contributed by atoms with Gasteiger partial charge in [0.25, 0.3) is 0 Å². The molecular weight excluding hydrogens is 281 g/mol. The molecule has 0 aromatic heterocycles. The van der Waals surface area contributed by atoms with Crippen LogP contribution in [0, 0.1) is 6.92 Å². The molecule has 100 valence electrons. The van der Waals surface area contributed by atoms with Gasteiger partial charge in [-0.2, -0.15) is 0 Å². The average molecular weight is 296 g/mol. The summed E-state index contributed by atoms with van der Waals surface area (Å²) in [4.78, 5) is 0. The maximum atomic E-state index is 6.05. The smallest absolute Gasteiger partial charge is 0.139 e. The molecule has 0 heterocycles. The molecule has 4 heteroatoms. The maximum Gasteiger partial charge on any atom is 0.139 e. The summed E-state index contributed by atoms with van der Waals surface area (Å²) in [5, 5.41) is 1.16. The van der Waals surface area contributed by atoms with Crippen LogP contribution in [0.25, 0.3) is 0 Å². The predicted octanol–water partition coefficient (Wildman–Crippen LogP) is 4.34. The number of halogens is 2. The van der Waals surface area contributed by atoms with Crippen molar-refractivity contribution in [2.45, 2.75) is 20.1 Å². The van der Waals surface area contributed by atoms with Gasteiger partial charge in [-0.15, -0.1) is 0 Å². The Kier molecular flexibility index (Phi) is 4.70. The van der Waals surface area contributed by atoms with Crippen LogP contribution in [-0.2, 0) is 13.2 Å². The zero-order valence-electron chi connectivity index (χ0n) is 10.6. The highest BCUT2D eigenvalue weighted by molar-refractivity contribution is 6.34. The second-order valence-electron chi connectivity index (χ2n) is 4.33. The summed E-state index contributed by atoms with van der Waals surface area (Å²) in [5.74, 6) is 0.594. The molecule has 0 aliphatic heterocycles. The van der Waals surface area contributed by atoms with Gasteiger partial charge < -0.3 is 10.5 Å². The first-order valence-electron chi connectivity index (χ1n) is 5.96. The Morgan fingerprint density at radius 1 is 1.11 bits per heavy atom. The first kappa shape index (κ1) is 14.2. The van der Waals surface area contributed by atoms with Crippen LogP contribution < -0.4 is 10.5 Å². The molecule has 0 bridgehead atoms. The molecule has 0 radical (unpaired) electrons. The van der Waals surface area contributed by atoms with E-state index in [9.17, 15) is 0 Å². The van der Waals surface area contributed by atoms with Crippen molar-refractivity contribution >= 4 is 23.2 Å². The van der Waals surface area contributed by atoms with Gasteiger partial charge in [0.15, 0.2) is 0 Å². The third-order valence-corrected chi connectivity index (χ3v) is 3.47. The highest BCUT2D eigenvalue weighted by Crippen LogP contribution is 2.28. The second-order valence-corrected chi connectivity index (χ2v) is 5.17. The summed E-state index contributed by atoms with van der Waals surface area (Å²) >= 11 is 12.0. The lowest BCUT2D eigenvalue weighted by Crippen LogP contribution is -2.01. The quantitative estimate of drug-likeness (QED) is 0.911. The molecule has 2 aromatic carbocycles. The van der Waals surface area contributed by atoms with E-state index >= 15 is 0 Å². The number of hydrogen-bond donors (Lipinski definition) is 1. The number of hydrogen-bond acceptors (Lipinski definition) is 2. The van der Waals surface area contributed by atoms with Gasteiger partial charge >= 0.3 is 0 Å². The van der Waals surface area contributed by atoms with Crippen LogP contribution >= 0.6 is 23.2 Å². The Balaban J connectivity index is 2.12. The van der Waals surface area contributed by atoms with Crippen LogP contribution in [0.2, 0.25) is 10.0 Å². The SMILES string of the molecule is Cc1cc(CN)ccc1COc1cc(Cl)ccc1Cl. The molecule has 19 heavy (non-hydrogen) atoms. The third-order valence-electron chi connectivity index (χ3n) is 2.92. The largest absolute Gasteiger partial charge is 0.487 e. The topological polar surface area (TPSA) is 35.2 Å². The fourth-order valence-electron chi connectivity index (χ4n) is 1.79. The van der Waals surface area contributed by atoms with E-state index in [0.717, 1.165) is 16.7 Å². The zero-order valence-corrected chi connectivity index (χ0v) is 12.1. The molecule has 0 saturated carbocycles. The monoisotopic (exact) mass is 295 g/mol. The summed E-state index contributed by atoms with van der Waals surface area (Å²) in [6, 6.07) is 11.3. The summed E-state index contributed by atoms with van der Waals surface area (Å²) in [6.45, 7) is 3.04. The number of nitrogens with two attached hydrogens (primary N) is 1. The normalized spacial score (nSPS) is 10.5. The Morgan fingerprint density at radius 3 is 2.58 bits per heavy atom. The molecule has 0 unspecified atom stereocenters. The van der Waals surface area contributed by atoms with E-state index in [1.165, 1.54) is 0 Å². The van der Waals surface area contributed by atoms with Gasteiger partial charge in [-0.25, -0.2) is 0 Å². The number of benzene rings is 2. The lowest BCUT2D eigenvalue weighted by Gasteiger charge is -2.11. The van der Waals surface area contributed by atoms with E-state index in [1.807, 2.05) is 19.1 Å². The van der Waals surface area contributed by atoms with Crippen molar-refractivity contribution in [2.24, 2.45) is 5.73 Å². The molecule has 0 saturated heterocycles. The van der Waals surface area contributed by atoms with Gasteiger partial charge in [0, 0.05) is 17.6 Å². The minimum absolute atomic E-state index is 0.455. The van der Waals surface area contributed by atoms with E-state index in [-0.39, 0.29) is 0 Å². The molecule has 2 aromatic rings. The van der Waals surface area contributed by atoms with Crippen LogP contribution in [-0.4, -0.2) is 0 Å². The van der Waals surface area contributed by atoms with Crippen molar-refractivity contribution < 1.29 is 4.74 Å². The second kappa shape index (κ2) is 6.29. The highest BCUT2D eigenvalue weighted by Gasteiger charge is 2.05. The minimum Gasteiger partial charge on any atom is -0.487 e. The fourth-order valence-corrected chi connectivity index (χ4v) is 2.12. The third kappa shape index (κ3) is 3.63. The van der Waals surface area contributed by atoms with Crippen molar-refractivity contribution in [1.82, 2.24) is 0 Å². The van der Waals surface area contributed by atoms with Crippen molar-refractivity contribution in [3.05, 3.63) is 63.1 Å². The van der Waals surface area contributed by atoms with Crippen LogP contribution in [0.15, 0.2) is 36.4 Å². The summed E-state index contributed by atoms with van der Waals surface area (Å²) in [5.41, 5.74) is 8.98. The fraction of sp³-hybridized carbons (Fsp3) is 0.200. The Bertz CT molecular complexity index is 584. The Labute approximate surface area is 123 Å². The van der Waals surface area contributed by atoms with Crippen molar-refractivity contribution in [3.63, 3.8) is 0 Å². The van der Waals surface area contributed by atoms with E-state index in [4.69, 9.17) is 33.7 Å². The standard InChI is InChI=1S/C15H15Cl2NO/c1-10-6-11(8-18)2-3-12(10)9-19-15-7-13(16)4-5-14(15)17/h2-7H,8-9,18H2,1H3. The van der Waals surface area contributed by atoms with Crippen molar-refractivity contribution in [3.8, 4) is 5.75 Å². The van der Waals surface area contributed by atoms with Gasteiger partial charge in [-0.1, -0.05) is 41.4 Å². The van der Waals surface area contributed by atoms with Crippen LogP contribution in [0.4, 0.5) is 0 Å². The molecule has 0 atom stereocenters. The van der Waals surface area contributed by atoms with Gasteiger partial charge in [0.05, 0.1) is 5.02 Å². The number of ether oxygens (including phenoxy) is 1. The minimum atomic E-state index is 0.455. The molecule has 0 fully saturated rings. The van der Waals surface area contributed by atoms with E-state index in [0.29, 0.717) is 28.9 Å². The van der Waals surface area contributed by atoms with Gasteiger partial charge in [0.1, 0.15) is 12.4 Å². The van der Waals surface area contributed by atoms with Gasteiger partial charge in [-0.05, 0) is 35.7 Å². The maximum absolute atomic E-state index is 6.05. The Hall–Kier alpha value is -1.22. The molecule has 2 N–H and O–H groups in total. The van der Waals surface area contributed by atoms with E-state index < -0.39 is 0 Å². The zero-order chi connectivity index (χ0) is 13.8. The molecule has 0 aliphatic rings. The molecule has 0 spiro atoms.